The van der Waals surface area contributed by atoms with Gasteiger partial charge in [0.15, 0.2) is 0 Å². The quantitative estimate of drug-likeness (QED) is 0.907. The smallest absolute Gasteiger partial charge is 0.417 e. The second-order valence-electron chi connectivity index (χ2n) is 5.18. The number of para-hydroxylation sites is 1. The van der Waals surface area contributed by atoms with E-state index in [9.17, 15) is 22.8 Å². The van der Waals surface area contributed by atoms with Crippen LogP contribution in [0.5, 0.6) is 0 Å². The molecule has 0 unspecified atom stereocenters. The molecule has 0 atom stereocenters. The molecule has 0 aliphatic rings. The number of alkyl halides is 3. The number of amides is 1. The van der Waals surface area contributed by atoms with Crippen molar-refractivity contribution in [2.24, 2.45) is 0 Å². The average molecular weight is 340 g/mol. The van der Waals surface area contributed by atoms with Crippen LogP contribution in [0.15, 0.2) is 30.5 Å². The van der Waals surface area contributed by atoms with Crippen molar-refractivity contribution in [3.8, 4) is 0 Å². The summed E-state index contributed by atoms with van der Waals surface area (Å²) in [5.41, 5.74) is -1.62. The number of pyridine rings is 1. The molecule has 8 heteroatoms. The van der Waals surface area contributed by atoms with Gasteiger partial charge in [0.25, 0.3) is 5.91 Å². The van der Waals surface area contributed by atoms with Gasteiger partial charge in [-0.25, -0.2) is 0 Å². The topological polar surface area (TPSA) is 70.5 Å². The molecule has 0 aliphatic heterocycles. The Kier molecular flexibility index (Phi) is 5.06. The lowest BCUT2D eigenvalue weighted by Crippen LogP contribution is -2.37. The average Bonchev–Trinajstić information content (AvgIpc) is 2.51. The van der Waals surface area contributed by atoms with Gasteiger partial charge in [-0.3, -0.25) is 14.6 Å². The number of carboxylic acid groups (broad SMARTS) is 1. The van der Waals surface area contributed by atoms with E-state index in [1.807, 2.05) is 0 Å². The molecule has 1 aromatic carbocycles. The van der Waals surface area contributed by atoms with Crippen LogP contribution < -0.4 is 0 Å². The fourth-order valence-corrected chi connectivity index (χ4v) is 2.46. The summed E-state index contributed by atoms with van der Waals surface area (Å²) >= 11 is 0. The molecule has 0 bridgehead atoms. The second kappa shape index (κ2) is 6.86. The van der Waals surface area contributed by atoms with E-state index in [4.69, 9.17) is 5.11 Å². The molecule has 2 aromatic rings. The van der Waals surface area contributed by atoms with Crippen molar-refractivity contribution in [3.63, 3.8) is 0 Å². The van der Waals surface area contributed by atoms with E-state index in [0.29, 0.717) is 6.42 Å². The molecule has 24 heavy (non-hydrogen) atoms. The first-order chi connectivity index (χ1) is 11.3. The molecule has 0 saturated heterocycles. The first-order valence-electron chi connectivity index (χ1n) is 7.21. The maximum absolute atomic E-state index is 13.5. The number of hydrogen-bond acceptors (Lipinski definition) is 3. The molecule has 0 aliphatic carbocycles. The first kappa shape index (κ1) is 17.7. The molecule has 128 valence electrons. The molecule has 1 heterocycles. The van der Waals surface area contributed by atoms with Crippen molar-refractivity contribution in [1.82, 2.24) is 9.88 Å². The molecular weight excluding hydrogens is 325 g/mol. The summed E-state index contributed by atoms with van der Waals surface area (Å²) in [4.78, 5) is 28.2. The molecule has 0 saturated carbocycles. The van der Waals surface area contributed by atoms with Gasteiger partial charge >= 0.3 is 12.1 Å². The number of rotatable bonds is 5. The SMILES string of the molecule is CCCN(CC(=O)O)C(=O)c1cnc2ccccc2c1C(F)(F)F. The fraction of sp³-hybridized carbons (Fsp3) is 0.312. The van der Waals surface area contributed by atoms with Crippen molar-refractivity contribution >= 4 is 22.8 Å². The minimum Gasteiger partial charge on any atom is -0.480 e. The lowest BCUT2D eigenvalue weighted by atomic mass is 10.0. The molecule has 0 fully saturated rings. The van der Waals surface area contributed by atoms with Crippen LogP contribution in [-0.4, -0.2) is 40.0 Å². The van der Waals surface area contributed by atoms with Crippen LogP contribution >= 0.6 is 0 Å². The number of aromatic nitrogens is 1. The summed E-state index contributed by atoms with van der Waals surface area (Å²) in [6, 6.07) is 5.63. The van der Waals surface area contributed by atoms with Gasteiger partial charge in [0, 0.05) is 18.1 Å². The lowest BCUT2D eigenvalue weighted by Gasteiger charge is -2.22. The highest BCUT2D eigenvalue weighted by atomic mass is 19.4. The summed E-state index contributed by atoms with van der Waals surface area (Å²) in [5.74, 6) is -2.29. The largest absolute Gasteiger partial charge is 0.480 e. The van der Waals surface area contributed by atoms with E-state index >= 15 is 0 Å². The van der Waals surface area contributed by atoms with Crippen molar-refractivity contribution < 1.29 is 27.9 Å². The van der Waals surface area contributed by atoms with Gasteiger partial charge in [0.1, 0.15) is 6.54 Å². The van der Waals surface area contributed by atoms with Gasteiger partial charge < -0.3 is 10.0 Å². The Labute approximate surface area is 135 Å². The van der Waals surface area contributed by atoms with Gasteiger partial charge in [0.2, 0.25) is 0 Å². The molecule has 5 nitrogen and oxygen atoms in total. The van der Waals surface area contributed by atoms with Crippen molar-refractivity contribution in [1.29, 1.82) is 0 Å². The Hall–Kier alpha value is -2.64. The summed E-state index contributed by atoms with van der Waals surface area (Å²) in [6.07, 6.45) is -3.49. The number of hydrogen-bond donors (Lipinski definition) is 1. The summed E-state index contributed by atoms with van der Waals surface area (Å²) < 4.78 is 40.6. The zero-order chi connectivity index (χ0) is 17.9. The Bertz CT molecular complexity index is 775. The van der Waals surface area contributed by atoms with Crippen LogP contribution in [0.2, 0.25) is 0 Å². The summed E-state index contributed by atoms with van der Waals surface area (Å²) in [6.45, 7) is 1.07. The highest BCUT2D eigenvalue weighted by molar-refractivity contribution is 6.01. The molecule has 0 radical (unpaired) electrons. The normalized spacial score (nSPS) is 11.5. The van der Waals surface area contributed by atoms with Crippen molar-refractivity contribution in [3.05, 3.63) is 41.6 Å². The van der Waals surface area contributed by atoms with Crippen LogP contribution in [0.25, 0.3) is 10.9 Å². The fourth-order valence-electron chi connectivity index (χ4n) is 2.46. The van der Waals surface area contributed by atoms with E-state index in [1.165, 1.54) is 18.2 Å². The lowest BCUT2D eigenvalue weighted by molar-refractivity contribution is -0.137. The number of halogens is 3. The van der Waals surface area contributed by atoms with Crippen LogP contribution in [0, 0.1) is 0 Å². The predicted octanol–water partition coefficient (Wildman–Crippen LogP) is 3.19. The Balaban J connectivity index is 2.62. The number of carboxylic acids is 1. The summed E-state index contributed by atoms with van der Waals surface area (Å²) in [7, 11) is 0. The third kappa shape index (κ3) is 3.64. The van der Waals surface area contributed by atoms with Crippen molar-refractivity contribution in [2.45, 2.75) is 19.5 Å². The third-order valence-corrected chi connectivity index (χ3v) is 3.40. The van der Waals surface area contributed by atoms with E-state index in [0.717, 1.165) is 11.1 Å². The van der Waals surface area contributed by atoms with Crippen LogP contribution in [-0.2, 0) is 11.0 Å². The Morgan fingerprint density at radius 1 is 1.25 bits per heavy atom. The third-order valence-electron chi connectivity index (χ3n) is 3.40. The molecule has 1 N–H and O–H groups in total. The van der Waals surface area contributed by atoms with E-state index < -0.39 is 35.7 Å². The summed E-state index contributed by atoms with van der Waals surface area (Å²) in [5, 5.41) is 8.68. The van der Waals surface area contributed by atoms with Gasteiger partial charge in [-0.05, 0) is 12.5 Å². The van der Waals surface area contributed by atoms with Crippen LogP contribution in [0.1, 0.15) is 29.3 Å². The van der Waals surface area contributed by atoms with E-state index in [2.05, 4.69) is 4.98 Å². The zero-order valence-electron chi connectivity index (χ0n) is 12.8. The molecule has 1 amide bonds. The van der Waals surface area contributed by atoms with Crippen molar-refractivity contribution in [2.75, 3.05) is 13.1 Å². The minimum atomic E-state index is -4.77. The van der Waals surface area contributed by atoms with Gasteiger partial charge in [-0.1, -0.05) is 25.1 Å². The highest BCUT2D eigenvalue weighted by Crippen LogP contribution is 2.37. The first-order valence-corrected chi connectivity index (χ1v) is 7.21. The number of fused-ring (bicyclic) bond motifs is 1. The Morgan fingerprint density at radius 3 is 2.50 bits per heavy atom. The number of carbonyl (C=O) groups excluding carboxylic acids is 1. The molecule has 0 spiro atoms. The number of aliphatic carboxylic acids is 1. The Morgan fingerprint density at radius 2 is 1.92 bits per heavy atom. The number of benzene rings is 1. The second-order valence-corrected chi connectivity index (χ2v) is 5.18. The standard InChI is InChI=1S/C16H15F3N2O3/c1-2-7-21(9-13(22)23)15(24)11-8-20-12-6-4-3-5-10(12)14(11)16(17,18)19/h3-6,8H,2,7,9H2,1H3,(H,22,23). The highest BCUT2D eigenvalue weighted by Gasteiger charge is 2.38. The number of nitrogens with zero attached hydrogens (tertiary/aromatic N) is 2. The zero-order valence-corrected chi connectivity index (χ0v) is 12.8. The van der Waals surface area contributed by atoms with E-state index in [-0.39, 0.29) is 17.4 Å². The minimum absolute atomic E-state index is 0.0370. The van der Waals surface area contributed by atoms with Gasteiger partial charge in [-0.15, -0.1) is 0 Å². The number of carbonyl (C=O) groups is 2. The maximum atomic E-state index is 13.5. The maximum Gasteiger partial charge on any atom is 0.417 e. The monoisotopic (exact) mass is 340 g/mol. The van der Waals surface area contributed by atoms with Crippen LogP contribution in [0.3, 0.4) is 0 Å². The predicted molar refractivity (Wildman–Crippen MR) is 80.6 cm³/mol. The van der Waals surface area contributed by atoms with Crippen LogP contribution in [0.4, 0.5) is 13.2 Å². The molecule has 1 aromatic heterocycles. The van der Waals surface area contributed by atoms with Gasteiger partial charge in [-0.2, -0.15) is 13.2 Å². The van der Waals surface area contributed by atoms with Gasteiger partial charge in [0.05, 0.1) is 16.6 Å². The molecular formula is C16H15F3N2O3. The molecule has 2 rings (SSSR count). The van der Waals surface area contributed by atoms with E-state index in [1.54, 1.807) is 13.0 Å².